The van der Waals surface area contributed by atoms with Crippen LogP contribution >= 0.6 is 27.5 Å². The van der Waals surface area contributed by atoms with E-state index in [2.05, 4.69) is 31.2 Å². The highest BCUT2D eigenvalue weighted by Crippen LogP contribution is 2.31. The minimum absolute atomic E-state index is 0.0781. The Morgan fingerprint density at radius 2 is 2.29 bits per heavy atom. The molecule has 0 fully saturated rings. The number of nitrogens with zero attached hydrogens (tertiary/aromatic N) is 1. The van der Waals surface area contributed by atoms with E-state index >= 15 is 0 Å². The summed E-state index contributed by atoms with van der Waals surface area (Å²) in [5, 5.41) is 3.08. The number of nitrogens with one attached hydrogen (secondary N) is 2. The van der Waals surface area contributed by atoms with E-state index in [0.717, 1.165) is 0 Å². The highest BCUT2D eigenvalue weighted by atomic mass is 79.9. The number of hydrogen-bond donors (Lipinski definition) is 2. The van der Waals surface area contributed by atoms with Gasteiger partial charge in [0, 0.05) is 22.4 Å². The van der Waals surface area contributed by atoms with Gasteiger partial charge in [-0.3, -0.25) is 0 Å². The van der Waals surface area contributed by atoms with Crippen molar-refractivity contribution in [2.24, 2.45) is 0 Å². The highest BCUT2D eigenvalue weighted by molar-refractivity contribution is 9.10. The maximum Gasteiger partial charge on any atom is 0.148 e. The molecule has 6 heteroatoms. The molecule has 0 aliphatic carbocycles. The molecule has 0 spiro atoms. The lowest BCUT2D eigenvalue weighted by Gasteiger charge is -2.16. The molecule has 1 heterocycles. The molecule has 0 saturated heterocycles. The van der Waals surface area contributed by atoms with E-state index in [-0.39, 0.29) is 11.1 Å². The van der Waals surface area contributed by atoms with Crippen molar-refractivity contribution in [2.75, 3.05) is 7.05 Å². The van der Waals surface area contributed by atoms with Crippen molar-refractivity contribution in [2.45, 2.75) is 6.04 Å². The van der Waals surface area contributed by atoms with Gasteiger partial charge < -0.3 is 10.3 Å². The highest BCUT2D eigenvalue weighted by Gasteiger charge is 2.20. The zero-order chi connectivity index (χ0) is 12.4. The smallest absolute Gasteiger partial charge is 0.148 e. The lowest BCUT2D eigenvalue weighted by molar-refractivity contribution is 0.565. The Hall–Kier alpha value is -0.910. The van der Waals surface area contributed by atoms with Crippen molar-refractivity contribution in [3.05, 3.63) is 51.2 Å². The maximum absolute atomic E-state index is 14.0. The van der Waals surface area contributed by atoms with E-state index in [1.165, 1.54) is 0 Å². The third kappa shape index (κ3) is 2.36. The quantitative estimate of drug-likeness (QED) is 0.853. The van der Waals surface area contributed by atoms with Crippen LogP contribution in [0.3, 0.4) is 0 Å². The fourth-order valence-corrected chi connectivity index (χ4v) is 2.12. The third-order valence-electron chi connectivity index (χ3n) is 2.46. The van der Waals surface area contributed by atoms with Crippen LogP contribution in [0.25, 0.3) is 0 Å². The molecule has 17 heavy (non-hydrogen) atoms. The Labute approximate surface area is 112 Å². The number of aromatic amines is 1. The van der Waals surface area contributed by atoms with Crippen LogP contribution in [0, 0.1) is 5.82 Å². The summed E-state index contributed by atoms with van der Waals surface area (Å²) in [5.41, 5.74) is 0.454. The average Bonchev–Trinajstić information content (AvgIpc) is 2.84. The Morgan fingerprint density at radius 3 is 2.88 bits per heavy atom. The van der Waals surface area contributed by atoms with Crippen LogP contribution in [-0.2, 0) is 0 Å². The Balaban J connectivity index is 2.49. The van der Waals surface area contributed by atoms with E-state index in [4.69, 9.17) is 11.6 Å². The second-order valence-corrected chi connectivity index (χ2v) is 4.69. The predicted molar refractivity (Wildman–Crippen MR) is 68.6 cm³/mol. The number of aromatic nitrogens is 2. The average molecular weight is 319 g/mol. The van der Waals surface area contributed by atoms with Gasteiger partial charge in [-0.15, -0.1) is 0 Å². The molecule has 1 unspecified atom stereocenters. The minimum atomic E-state index is -0.447. The first-order valence-corrected chi connectivity index (χ1v) is 6.12. The Bertz CT molecular complexity index is 516. The number of rotatable bonds is 3. The first kappa shape index (κ1) is 12.5. The normalized spacial score (nSPS) is 12.7. The monoisotopic (exact) mass is 317 g/mol. The molecule has 0 aliphatic heterocycles. The standard InChI is InChI=1S/C11H10BrClFN3/c1-15-10(11-16-4-5-17-11)6-2-3-7(12)8(13)9(6)14/h2-5,10,15H,1H3,(H,16,17). The molecular weight excluding hydrogens is 308 g/mol. The Kier molecular flexibility index (Phi) is 3.81. The fourth-order valence-electron chi connectivity index (χ4n) is 1.64. The van der Waals surface area contributed by atoms with Gasteiger partial charge in [-0.05, 0) is 29.0 Å². The zero-order valence-electron chi connectivity index (χ0n) is 8.97. The minimum Gasteiger partial charge on any atom is -0.347 e. The summed E-state index contributed by atoms with van der Waals surface area (Å²) >= 11 is 9.05. The zero-order valence-corrected chi connectivity index (χ0v) is 11.3. The van der Waals surface area contributed by atoms with Crippen molar-refractivity contribution in [1.82, 2.24) is 15.3 Å². The number of halogens is 3. The van der Waals surface area contributed by atoms with E-state index in [1.54, 1.807) is 31.6 Å². The van der Waals surface area contributed by atoms with Gasteiger partial charge in [-0.25, -0.2) is 9.37 Å². The lowest BCUT2D eigenvalue weighted by atomic mass is 10.1. The van der Waals surface area contributed by atoms with Crippen LogP contribution in [0.1, 0.15) is 17.4 Å². The number of H-pyrrole nitrogens is 1. The first-order chi connectivity index (χ1) is 8.15. The van der Waals surface area contributed by atoms with Gasteiger partial charge in [0.25, 0.3) is 0 Å². The summed E-state index contributed by atoms with van der Waals surface area (Å²) in [6, 6.07) is 3.04. The van der Waals surface area contributed by atoms with Crippen molar-refractivity contribution in [3.63, 3.8) is 0 Å². The van der Waals surface area contributed by atoms with Crippen LogP contribution in [0.15, 0.2) is 29.0 Å². The van der Waals surface area contributed by atoms with Gasteiger partial charge in [0.15, 0.2) is 0 Å². The Morgan fingerprint density at radius 1 is 1.53 bits per heavy atom. The van der Waals surface area contributed by atoms with Crippen LogP contribution in [0.2, 0.25) is 5.02 Å². The molecule has 0 aliphatic rings. The second-order valence-electron chi connectivity index (χ2n) is 3.46. The lowest BCUT2D eigenvalue weighted by Crippen LogP contribution is -2.20. The van der Waals surface area contributed by atoms with Crippen LogP contribution in [0.4, 0.5) is 4.39 Å². The van der Waals surface area contributed by atoms with Crippen molar-refractivity contribution < 1.29 is 4.39 Å². The first-order valence-electron chi connectivity index (χ1n) is 4.95. The maximum atomic E-state index is 14.0. The van der Waals surface area contributed by atoms with Crippen molar-refractivity contribution in [3.8, 4) is 0 Å². The second kappa shape index (κ2) is 5.16. The van der Waals surface area contributed by atoms with Crippen LogP contribution in [-0.4, -0.2) is 17.0 Å². The van der Waals surface area contributed by atoms with E-state index in [9.17, 15) is 4.39 Å². The largest absolute Gasteiger partial charge is 0.347 e. The van der Waals surface area contributed by atoms with E-state index in [1.807, 2.05) is 0 Å². The van der Waals surface area contributed by atoms with Gasteiger partial charge in [-0.1, -0.05) is 17.7 Å². The van der Waals surface area contributed by atoms with E-state index in [0.29, 0.717) is 15.9 Å². The summed E-state index contributed by atoms with van der Waals surface area (Å²) in [7, 11) is 1.74. The predicted octanol–water partition coefficient (Wildman–Crippen LogP) is 3.27. The van der Waals surface area contributed by atoms with Crippen LogP contribution in [0.5, 0.6) is 0 Å². The molecule has 1 atom stereocenters. The number of hydrogen-bond acceptors (Lipinski definition) is 2. The molecule has 1 aromatic heterocycles. The molecule has 2 rings (SSSR count). The fraction of sp³-hybridized carbons (Fsp3) is 0.182. The topological polar surface area (TPSA) is 40.7 Å². The molecule has 1 aromatic carbocycles. The molecular formula is C11H10BrClFN3. The van der Waals surface area contributed by atoms with Gasteiger partial charge in [0.2, 0.25) is 0 Å². The van der Waals surface area contributed by atoms with Gasteiger partial charge in [0.1, 0.15) is 11.6 Å². The summed E-state index contributed by atoms with van der Waals surface area (Å²) in [6.45, 7) is 0. The molecule has 3 nitrogen and oxygen atoms in total. The SMILES string of the molecule is CNC(c1ncc[nH]1)c1ccc(Br)c(Cl)c1F. The molecule has 2 aromatic rings. The molecule has 90 valence electrons. The molecule has 2 N–H and O–H groups in total. The summed E-state index contributed by atoms with van der Waals surface area (Å²) in [5.74, 6) is 0.196. The van der Waals surface area contributed by atoms with Gasteiger partial charge in [0.05, 0.1) is 11.1 Å². The number of benzene rings is 1. The van der Waals surface area contributed by atoms with Gasteiger partial charge >= 0.3 is 0 Å². The third-order valence-corrected chi connectivity index (χ3v) is 3.72. The van der Waals surface area contributed by atoms with Gasteiger partial charge in [-0.2, -0.15) is 0 Å². The van der Waals surface area contributed by atoms with Crippen molar-refractivity contribution in [1.29, 1.82) is 0 Å². The molecule has 0 bridgehead atoms. The molecule has 0 amide bonds. The number of imidazole rings is 1. The van der Waals surface area contributed by atoms with Crippen LogP contribution < -0.4 is 5.32 Å². The van der Waals surface area contributed by atoms with E-state index < -0.39 is 5.82 Å². The van der Waals surface area contributed by atoms with Crippen molar-refractivity contribution >= 4 is 27.5 Å². The summed E-state index contributed by atoms with van der Waals surface area (Å²) in [6.07, 6.45) is 3.32. The molecule has 0 radical (unpaired) electrons. The summed E-state index contributed by atoms with van der Waals surface area (Å²) < 4.78 is 14.6. The summed E-state index contributed by atoms with van der Waals surface area (Å²) in [4.78, 5) is 7.07. The molecule has 0 saturated carbocycles.